The lowest BCUT2D eigenvalue weighted by atomic mass is 10.1. The van der Waals surface area contributed by atoms with Gasteiger partial charge in [0.05, 0.1) is 0 Å². The van der Waals surface area contributed by atoms with E-state index in [0.29, 0.717) is 26.9 Å². The van der Waals surface area contributed by atoms with Crippen molar-refractivity contribution < 1.29 is 18.9 Å². The molecule has 0 fully saturated rings. The molecule has 10 rings (SSSR count). The maximum absolute atomic E-state index is 6.19. The van der Waals surface area contributed by atoms with Gasteiger partial charge in [0.1, 0.15) is 23.0 Å². The van der Waals surface area contributed by atoms with Crippen molar-refractivity contribution in [3.05, 3.63) is 156 Å². The molecule has 0 aromatic heterocycles. The number of hydrogen-bond acceptors (Lipinski definition) is 9. The summed E-state index contributed by atoms with van der Waals surface area (Å²) < 4.78 is 24.4. The number of fused-ring (bicyclic) bond motifs is 4. The molecule has 264 valence electrons. The molecule has 0 saturated carbocycles. The van der Waals surface area contributed by atoms with E-state index in [9.17, 15) is 0 Å². The number of benzene rings is 6. The summed E-state index contributed by atoms with van der Waals surface area (Å²) in [7, 11) is 0. The molecule has 0 amide bonds. The van der Waals surface area contributed by atoms with E-state index in [1.54, 1.807) is 11.8 Å². The maximum Gasteiger partial charge on any atom is 0.161 e. The fourth-order valence-electron chi connectivity index (χ4n) is 7.45. The van der Waals surface area contributed by atoms with Crippen LogP contribution in [0.5, 0.6) is 23.0 Å². The average molecular weight is 719 g/mol. The molecular formula is C44H38N4O4S. The number of nitrogens with zero attached hydrogens (tertiary/aromatic N) is 4. The first-order chi connectivity index (χ1) is 26.2. The fraction of sp³-hybridized carbons (Fsp3) is 0.182. The molecule has 0 radical (unpaired) electrons. The molecule has 4 heterocycles. The lowest BCUT2D eigenvalue weighted by Crippen LogP contribution is -2.33. The van der Waals surface area contributed by atoms with Crippen LogP contribution in [0.15, 0.2) is 143 Å². The van der Waals surface area contributed by atoms with Gasteiger partial charge in [-0.15, -0.1) is 0 Å². The molecule has 0 unspecified atom stereocenters. The average Bonchev–Trinajstić information content (AvgIpc) is 3.23. The molecular weight excluding hydrogens is 681 g/mol. The van der Waals surface area contributed by atoms with Crippen LogP contribution in [-0.4, -0.2) is 26.9 Å². The first-order valence-electron chi connectivity index (χ1n) is 18.0. The monoisotopic (exact) mass is 718 g/mol. The molecule has 0 spiro atoms. The highest BCUT2D eigenvalue weighted by molar-refractivity contribution is 7.99. The van der Waals surface area contributed by atoms with Crippen LogP contribution in [0.3, 0.4) is 0 Å². The molecule has 6 aromatic carbocycles. The molecule has 0 atom stereocenters. The van der Waals surface area contributed by atoms with Crippen molar-refractivity contribution in [1.82, 2.24) is 0 Å². The van der Waals surface area contributed by atoms with Crippen molar-refractivity contribution in [2.24, 2.45) is 0 Å². The summed E-state index contributed by atoms with van der Waals surface area (Å²) in [6, 6.07) is 47.0. The SMILES string of the molecule is c1ccc2c(c1)CN(c1ccc3c(c1)CN(c1ccc(Sc4ccc(N5COc6ccc(N7COc8ccccc8C7)cc6C5)cc4)cc1)CO3)CO2. The second kappa shape index (κ2) is 13.6. The van der Waals surface area contributed by atoms with Crippen molar-refractivity contribution in [3.8, 4) is 23.0 Å². The Morgan fingerprint density at radius 3 is 1.11 bits per heavy atom. The third-order valence-electron chi connectivity index (χ3n) is 10.4. The largest absolute Gasteiger partial charge is 0.473 e. The summed E-state index contributed by atoms with van der Waals surface area (Å²) >= 11 is 1.77. The summed E-state index contributed by atoms with van der Waals surface area (Å²) in [5.41, 5.74) is 9.33. The zero-order valence-electron chi connectivity index (χ0n) is 29.2. The molecule has 53 heavy (non-hydrogen) atoms. The van der Waals surface area contributed by atoms with E-state index in [4.69, 9.17) is 18.9 Å². The Hall–Kier alpha value is -5.93. The van der Waals surface area contributed by atoms with E-state index in [-0.39, 0.29) is 0 Å². The third kappa shape index (κ3) is 6.42. The summed E-state index contributed by atoms with van der Waals surface area (Å²) in [5.74, 6) is 3.84. The predicted molar refractivity (Wildman–Crippen MR) is 209 cm³/mol. The maximum atomic E-state index is 6.19. The van der Waals surface area contributed by atoms with Crippen molar-refractivity contribution in [2.75, 3.05) is 46.5 Å². The van der Waals surface area contributed by atoms with Crippen LogP contribution in [-0.2, 0) is 26.2 Å². The topological polar surface area (TPSA) is 49.9 Å². The van der Waals surface area contributed by atoms with Crippen molar-refractivity contribution in [3.63, 3.8) is 0 Å². The van der Waals surface area contributed by atoms with Crippen LogP contribution in [0.1, 0.15) is 22.3 Å². The first kappa shape index (κ1) is 31.8. The van der Waals surface area contributed by atoms with Crippen LogP contribution in [0.4, 0.5) is 22.7 Å². The molecule has 9 heteroatoms. The number of ether oxygens (including phenoxy) is 4. The van der Waals surface area contributed by atoms with Gasteiger partial charge in [0, 0.05) is 81.0 Å². The highest BCUT2D eigenvalue weighted by Crippen LogP contribution is 2.38. The number of para-hydroxylation sites is 2. The van der Waals surface area contributed by atoms with Crippen molar-refractivity contribution in [2.45, 2.75) is 36.0 Å². The Kier molecular flexibility index (Phi) is 8.13. The van der Waals surface area contributed by atoms with E-state index < -0.39 is 0 Å². The molecule has 8 nitrogen and oxygen atoms in total. The van der Waals surface area contributed by atoms with Crippen LogP contribution >= 0.6 is 11.8 Å². The Morgan fingerprint density at radius 1 is 0.340 bits per heavy atom. The number of anilines is 4. The highest BCUT2D eigenvalue weighted by Gasteiger charge is 2.24. The molecule has 0 aliphatic carbocycles. The predicted octanol–water partition coefficient (Wildman–Crippen LogP) is 9.26. The molecule has 0 bridgehead atoms. The molecule has 4 aliphatic rings. The zero-order valence-corrected chi connectivity index (χ0v) is 30.0. The van der Waals surface area contributed by atoms with Gasteiger partial charge in [-0.25, -0.2) is 0 Å². The minimum atomic E-state index is 0.522. The second-order valence-corrected chi connectivity index (χ2v) is 14.9. The van der Waals surface area contributed by atoms with E-state index in [2.05, 4.69) is 129 Å². The molecule has 4 aliphatic heterocycles. The Bertz CT molecular complexity index is 2120. The fourth-order valence-corrected chi connectivity index (χ4v) is 8.27. The second-order valence-electron chi connectivity index (χ2n) is 13.8. The van der Waals surface area contributed by atoms with Crippen molar-refractivity contribution >= 4 is 34.5 Å². The van der Waals surface area contributed by atoms with Gasteiger partial charge in [-0.05, 0) is 97.1 Å². The van der Waals surface area contributed by atoms with Crippen LogP contribution in [0.2, 0.25) is 0 Å². The van der Waals surface area contributed by atoms with E-state index in [1.165, 1.54) is 32.0 Å². The lowest BCUT2D eigenvalue weighted by Gasteiger charge is -2.34. The van der Waals surface area contributed by atoms with Crippen LogP contribution < -0.4 is 38.5 Å². The Labute approximate surface area is 313 Å². The van der Waals surface area contributed by atoms with Gasteiger partial charge < -0.3 is 38.5 Å². The van der Waals surface area contributed by atoms with Gasteiger partial charge in [0.2, 0.25) is 0 Å². The molecule has 0 saturated heterocycles. The first-order valence-corrected chi connectivity index (χ1v) is 18.8. The van der Waals surface area contributed by atoms with E-state index in [1.807, 2.05) is 24.3 Å². The highest BCUT2D eigenvalue weighted by atomic mass is 32.2. The van der Waals surface area contributed by atoms with Crippen molar-refractivity contribution in [1.29, 1.82) is 0 Å². The molecule has 0 N–H and O–H groups in total. The van der Waals surface area contributed by atoms with Gasteiger partial charge in [0.25, 0.3) is 0 Å². The lowest BCUT2D eigenvalue weighted by molar-refractivity contribution is 0.285. The standard InChI is InChI=1S/C44H38N4O4S/c1-3-7-41-31(5-1)23-47(29-49-41)37-13-19-43-33(21-37)25-45(27-51-43)35-9-15-39(16-10-35)53-40-17-11-36(12-18-40)46-26-34-22-38(14-20-44(34)52-28-46)48-24-32-6-2-4-8-42(32)50-30-48/h1-22H,23-30H2. The normalized spacial score (nSPS) is 15.8. The summed E-state index contributed by atoms with van der Waals surface area (Å²) in [6.45, 7) is 5.35. The van der Waals surface area contributed by atoms with Gasteiger partial charge in [-0.1, -0.05) is 48.2 Å². The zero-order chi connectivity index (χ0) is 35.1. The van der Waals surface area contributed by atoms with Gasteiger partial charge in [-0.3, -0.25) is 0 Å². The number of hydrogen-bond donors (Lipinski definition) is 0. The number of rotatable bonds is 6. The summed E-state index contributed by atoms with van der Waals surface area (Å²) in [4.78, 5) is 11.5. The van der Waals surface area contributed by atoms with Gasteiger partial charge in [-0.2, -0.15) is 0 Å². The quantitative estimate of drug-likeness (QED) is 0.168. The third-order valence-corrected chi connectivity index (χ3v) is 11.4. The Balaban J connectivity index is 0.766. The molecule has 6 aromatic rings. The van der Waals surface area contributed by atoms with Gasteiger partial charge in [0.15, 0.2) is 26.9 Å². The summed E-state index contributed by atoms with van der Waals surface area (Å²) in [6.07, 6.45) is 0. The van der Waals surface area contributed by atoms with Crippen LogP contribution in [0, 0.1) is 0 Å². The van der Waals surface area contributed by atoms with E-state index >= 15 is 0 Å². The smallest absolute Gasteiger partial charge is 0.161 e. The van der Waals surface area contributed by atoms with Gasteiger partial charge >= 0.3 is 0 Å². The summed E-state index contributed by atoms with van der Waals surface area (Å²) in [5, 5.41) is 0. The van der Waals surface area contributed by atoms with E-state index in [0.717, 1.165) is 71.9 Å². The minimum absolute atomic E-state index is 0.522. The minimum Gasteiger partial charge on any atom is -0.473 e. The van der Waals surface area contributed by atoms with Crippen LogP contribution in [0.25, 0.3) is 0 Å². The Morgan fingerprint density at radius 2 is 0.679 bits per heavy atom.